The minimum Gasteiger partial charge on any atom is -0.414 e. The van der Waals surface area contributed by atoms with Crippen molar-refractivity contribution in [3.05, 3.63) is 11.1 Å². The maximum absolute atomic E-state index is 5.92. The van der Waals surface area contributed by atoms with Crippen LogP contribution in [0.3, 0.4) is 0 Å². The van der Waals surface area contributed by atoms with Crippen LogP contribution in [0.15, 0.2) is 11.1 Å². The Bertz CT molecular complexity index is 201. The van der Waals surface area contributed by atoms with Gasteiger partial charge in [-0.15, -0.1) is 0 Å². The van der Waals surface area contributed by atoms with Crippen LogP contribution in [0.4, 0.5) is 0 Å². The fourth-order valence-electron chi connectivity index (χ4n) is 1.62. The van der Waals surface area contributed by atoms with E-state index in [1.807, 2.05) is 0 Å². The molecule has 76 valence electrons. The predicted molar refractivity (Wildman–Crippen MR) is 60.5 cm³/mol. The van der Waals surface area contributed by atoms with Gasteiger partial charge in [0.05, 0.1) is 6.61 Å². The molecule has 0 N–H and O–H groups in total. The standard InChI is InChI=1S/C11H22OSi/c1-10-7-5-6-8-11(10)9-12-13(2,3)4/h5-9H2,1-4H3. The zero-order valence-corrected chi connectivity index (χ0v) is 10.4. The van der Waals surface area contributed by atoms with Gasteiger partial charge in [0, 0.05) is 0 Å². The zero-order valence-electron chi connectivity index (χ0n) is 9.44. The normalized spacial score (nSPS) is 19.4. The van der Waals surface area contributed by atoms with E-state index in [0.29, 0.717) is 0 Å². The van der Waals surface area contributed by atoms with E-state index in [1.54, 1.807) is 11.1 Å². The molecule has 0 aliphatic heterocycles. The van der Waals surface area contributed by atoms with E-state index in [1.165, 1.54) is 25.7 Å². The van der Waals surface area contributed by atoms with E-state index < -0.39 is 8.32 Å². The lowest BCUT2D eigenvalue weighted by Crippen LogP contribution is -2.26. The molecule has 0 fully saturated rings. The van der Waals surface area contributed by atoms with Crippen LogP contribution >= 0.6 is 0 Å². The third-order valence-corrected chi connectivity index (χ3v) is 3.57. The molecule has 0 spiro atoms. The molecule has 0 unspecified atom stereocenters. The van der Waals surface area contributed by atoms with E-state index in [-0.39, 0.29) is 0 Å². The van der Waals surface area contributed by atoms with Gasteiger partial charge in [0.15, 0.2) is 8.32 Å². The third-order valence-electron chi connectivity index (χ3n) is 2.56. The molecular formula is C11H22OSi. The molecule has 1 nitrogen and oxygen atoms in total. The Hall–Kier alpha value is -0.0831. The monoisotopic (exact) mass is 198 g/mol. The summed E-state index contributed by atoms with van der Waals surface area (Å²) in [7, 11) is -1.30. The van der Waals surface area contributed by atoms with Crippen molar-refractivity contribution in [2.24, 2.45) is 0 Å². The summed E-state index contributed by atoms with van der Waals surface area (Å²) < 4.78 is 5.92. The van der Waals surface area contributed by atoms with Crippen LogP contribution in [0.25, 0.3) is 0 Å². The first kappa shape index (κ1) is 11.0. The summed E-state index contributed by atoms with van der Waals surface area (Å²) in [5.74, 6) is 0. The second-order valence-electron chi connectivity index (χ2n) is 4.99. The maximum atomic E-state index is 5.92. The molecule has 13 heavy (non-hydrogen) atoms. The summed E-state index contributed by atoms with van der Waals surface area (Å²) in [6.45, 7) is 9.94. The summed E-state index contributed by atoms with van der Waals surface area (Å²) in [6, 6.07) is 0. The van der Waals surface area contributed by atoms with Gasteiger partial charge in [0.1, 0.15) is 0 Å². The fraction of sp³-hybridized carbons (Fsp3) is 0.818. The van der Waals surface area contributed by atoms with Crippen molar-refractivity contribution in [3.8, 4) is 0 Å². The SMILES string of the molecule is CC1=C(CO[Si](C)(C)C)CCCC1. The lowest BCUT2D eigenvalue weighted by molar-refractivity contribution is 0.336. The molecule has 0 amide bonds. The van der Waals surface area contributed by atoms with Crippen molar-refractivity contribution in [2.75, 3.05) is 6.61 Å². The quantitative estimate of drug-likeness (QED) is 0.496. The average Bonchev–Trinajstić information content (AvgIpc) is 2.01. The van der Waals surface area contributed by atoms with Crippen molar-refractivity contribution in [1.82, 2.24) is 0 Å². The van der Waals surface area contributed by atoms with E-state index in [4.69, 9.17) is 4.43 Å². The third kappa shape index (κ3) is 4.10. The first-order valence-corrected chi connectivity index (χ1v) is 8.71. The van der Waals surface area contributed by atoms with Crippen molar-refractivity contribution in [2.45, 2.75) is 52.2 Å². The van der Waals surface area contributed by atoms with E-state index >= 15 is 0 Å². The summed E-state index contributed by atoms with van der Waals surface area (Å²) in [6.07, 6.45) is 5.31. The smallest absolute Gasteiger partial charge is 0.184 e. The molecule has 0 aromatic heterocycles. The average molecular weight is 198 g/mol. The molecule has 0 aromatic rings. The maximum Gasteiger partial charge on any atom is 0.184 e. The van der Waals surface area contributed by atoms with Crippen LogP contribution in [0.2, 0.25) is 19.6 Å². The van der Waals surface area contributed by atoms with Gasteiger partial charge >= 0.3 is 0 Å². The van der Waals surface area contributed by atoms with Gasteiger partial charge < -0.3 is 4.43 Å². The van der Waals surface area contributed by atoms with Gasteiger partial charge in [-0.2, -0.15) is 0 Å². The number of rotatable bonds is 3. The molecule has 0 saturated heterocycles. The van der Waals surface area contributed by atoms with E-state index in [2.05, 4.69) is 26.6 Å². The number of allylic oxidation sites excluding steroid dienone is 1. The highest BCUT2D eigenvalue weighted by molar-refractivity contribution is 6.69. The van der Waals surface area contributed by atoms with Gasteiger partial charge in [-0.05, 0) is 57.8 Å². The zero-order chi connectivity index (χ0) is 9.90. The largest absolute Gasteiger partial charge is 0.414 e. The minimum atomic E-state index is -1.30. The summed E-state index contributed by atoms with van der Waals surface area (Å²) in [5.41, 5.74) is 3.16. The van der Waals surface area contributed by atoms with Crippen LogP contribution in [-0.2, 0) is 4.43 Å². The van der Waals surface area contributed by atoms with Gasteiger partial charge in [0.25, 0.3) is 0 Å². The van der Waals surface area contributed by atoms with Gasteiger partial charge in [-0.25, -0.2) is 0 Å². The van der Waals surface area contributed by atoms with Crippen LogP contribution in [-0.4, -0.2) is 14.9 Å². The number of hydrogen-bond donors (Lipinski definition) is 0. The Morgan fingerprint density at radius 1 is 1.15 bits per heavy atom. The predicted octanol–water partition coefficient (Wildman–Crippen LogP) is 3.73. The highest BCUT2D eigenvalue weighted by atomic mass is 28.4. The lowest BCUT2D eigenvalue weighted by Gasteiger charge is -2.22. The molecule has 1 rings (SSSR count). The summed E-state index contributed by atoms with van der Waals surface area (Å²) in [4.78, 5) is 0. The highest BCUT2D eigenvalue weighted by Gasteiger charge is 2.16. The molecule has 0 radical (unpaired) electrons. The second-order valence-corrected chi connectivity index (χ2v) is 9.51. The molecular weight excluding hydrogens is 176 g/mol. The molecule has 0 bridgehead atoms. The van der Waals surface area contributed by atoms with Crippen molar-refractivity contribution in [1.29, 1.82) is 0 Å². The van der Waals surface area contributed by atoms with E-state index in [9.17, 15) is 0 Å². The molecule has 1 aliphatic carbocycles. The summed E-state index contributed by atoms with van der Waals surface area (Å²) >= 11 is 0. The summed E-state index contributed by atoms with van der Waals surface area (Å²) in [5, 5.41) is 0. The Balaban J connectivity index is 2.44. The van der Waals surface area contributed by atoms with Crippen LogP contribution in [0.5, 0.6) is 0 Å². The van der Waals surface area contributed by atoms with Crippen molar-refractivity contribution < 1.29 is 4.43 Å². The highest BCUT2D eigenvalue weighted by Crippen LogP contribution is 2.24. The lowest BCUT2D eigenvalue weighted by atomic mass is 9.93. The Morgan fingerprint density at radius 2 is 1.77 bits per heavy atom. The van der Waals surface area contributed by atoms with Gasteiger partial charge in [-0.1, -0.05) is 5.57 Å². The van der Waals surface area contributed by atoms with Crippen LogP contribution in [0.1, 0.15) is 32.6 Å². The van der Waals surface area contributed by atoms with Crippen LogP contribution < -0.4 is 0 Å². The minimum absolute atomic E-state index is 0.904. The number of hydrogen-bond acceptors (Lipinski definition) is 1. The topological polar surface area (TPSA) is 9.23 Å². The fourth-order valence-corrected chi connectivity index (χ4v) is 2.22. The first-order valence-electron chi connectivity index (χ1n) is 5.30. The van der Waals surface area contributed by atoms with Crippen LogP contribution in [0, 0.1) is 0 Å². The molecule has 0 heterocycles. The molecule has 0 aromatic carbocycles. The van der Waals surface area contributed by atoms with Crippen molar-refractivity contribution in [3.63, 3.8) is 0 Å². The Labute approximate surface area is 83.3 Å². The molecule has 0 atom stereocenters. The Morgan fingerprint density at radius 3 is 2.31 bits per heavy atom. The second kappa shape index (κ2) is 4.42. The first-order chi connectivity index (χ1) is 5.99. The molecule has 0 saturated carbocycles. The van der Waals surface area contributed by atoms with Gasteiger partial charge in [0.2, 0.25) is 0 Å². The molecule has 1 aliphatic rings. The van der Waals surface area contributed by atoms with Crippen molar-refractivity contribution >= 4 is 8.32 Å². The molecule has 2 heteroatoms. The van der Waals surface area contributed by atoms with Gasteiger partial charge in [-0.3, -0.25) is 0 Å². The Kier molecular flexibility index (Phi) is 3.74. The van der Waals surface area contributed by atoms with E-state index in [0.717, 1.165) is 6.61 Å².